The monoisotopic (exact) mass is 358 g/mol. The Balaban J connectivity index is 1.92. The number of anilines is 1. The van der Waals surface area contributed by atoms with Crippen LogP contribution in [-0.2, 0) is 9.53 Å². The lowest BCUT2D eigenvalue weighted by molar-refractivity contribution is -0.117. The molecule has 0 bridgehead atoms. The van der Waals surface area contributed by atoms with Gasteiger partial charge in [0, 0.05) is 12.0 Å². The Hall–Kier alpha value is -2.83. The first-order valence-electron chi connectivity index (χ1n) is 8.45. The molecule has 1 aromatic heterocycles. The van der Waals surface area contributed by atoms with Gasteiger partial charge in [0.05, 0.1) is 23.8 Å². The summed E-state index contributed by atoms with van der Waals surface area (Å²) in [4.78, 5) is 24.2. The fourth-order valence-electron chi connectivity index (χ4n) is 2.34. The molecule has 0 saturated heterocycles. The number of rotatable bonds is 5. The second-order valence-electron chi connectivity index (χ2n) is 7.74. The summed E-state index contributed by atoms with van der Waals surface area (Å²) in [5, 5.41) is 9.75. The van der Waals surface area contributed by atoms with E-state index >= 15 is 0 Å². The van der Waals surface area contributed by atoms with Crippen LogP contribution in [0.15, 0.2) is 42.7 Å². The van der Waals surface area contributed by atoms with E-state index in [4.69, 9.17) is 4.74 Å². The predicted molar refractivity (Wildman–Crippen MR) is 100 cm³/mol. The smallest absolute Gasteiger partial charge is 0.408 e. The maximum atomic E-state index is 12.3. The van der Waals surface area contributed by atoms with Gasteiger partial charge in [-0.15, -0.1) is 0 Å². The molecule has 0 aliphatic rings. The van der Waals surface area contributed by atoms with E-state index in [9.17, 15) is 9.59 Å². The van der Waals surface area contributed by atoms with E-state index in [1.807, 2.05) is 30.3 Å². The van der Waals surface area contributed by atoms with Gasteiger partial charge in [0.15, 0.2) is 0 Å². The van der Waals surface area contributed by atoms with Gasteiger partial charge in [0.1, 0.15) is 5.60 Å². The molecule has 0 atom stereocenters. The topological polar surface area (TPSA) is 85.3 Å². The molecule has 2 N–H and O–H groups in total. The van der Waals surface area contributed by atoms with Crippen molar-refractivity contribution >= 4 is 17.7 Å². The Morgan fingerprint density at radius 2 is 1.77 bits per heavy atom. The normalized spacial score (nSPS) is 11.7. The minimum atomic E-state index is -0.748. The van der Waals surface area contributed by atoms with Crippen LogP contribution in [0.1, 0.15) is 41.0 Å². The van der Waals surface area contributed by atoms with Crippen molar-refractivity contribution in [3.63, 3.8) is 0 Å². The molecule has 140 valence electrons. The summed E-state index contributed by atoms with van der Waals surface area (Å²) in [7, 11) is 0. The molecule has 0 spiro atoms. The number of para-hydroxylation sites is 1. The lowest BCUT2D eigenvalue weighted by atomic mass is 10.0. The molecule has 1 heterocycles. The van der Waals surface area contributed by atoms with E-state index in [2.05, 4.69) is 15.7 Å². The van der Waals surface area contributed by atoms with E-state index in [1.165, 1.54) is 0 Å². The van der Waals surface area contributed by atoms with Gasteiger partial charge in [-0.3, -0.25) is 4.79 Å². The molecule has 26 heavy (non-hydrogen) atoms. The molecule has 0 fully saturated rings. The van der Waals surface area contributed by atoms with Gasteiger partial charge in [-0.1, -0.05) is 18.2 Å². The average molecular weight is 358 g/mol. The number of amides is 2. The first-order valence-corrected chi connectivity index (χ1v) is 8.45. The average Bonchev–Trinajstić information content (AvgIpc) is 2.92. The highest BCUT2D eigenvalue weighted by atomic mass is 16.6. The lowest BCUT2D eigenvalue weighted by Crippen LogP contribution is -2.47. The minimum Gasteiger partial charge on any atom is -0.444 e. The molecule has 0 saturated carbocycles. The van der Waals surface area contributed by atoms with E-state index in [-0.39, 0.29) is 12.3 Å². The largest absolute Gasteiger partial charge is 0.444 e. The third-order valence-electron chi connectivity index (χ3n) is 3.33. The Morgan fingerprint density at radius 3 is 2.38 bits per heavy atom. The lowest BCUT2D eigenvalue weighted by Gasteiger charge is -2.28. The van der Waals surface area contributed by atoms with Crippen molar-refractivity contribution in [1.29, 1.82) is 0 Å². The van der Waals surface area contributed by atoms with Crippen LogP contribution in [0.4, 0.5) is 10.5 Å². The van der Waals surface area contributed by atoms with Crippen molar-refractivity contribution in [3.05, 3.63) is 42.7 Å². The SMILES string of the molecule is CC(C)(CC(=O)Nc1cnn(-c2ccccc2)c1)NC(=O)OC(C)(C)C. The molecule has 1 aromatic carbocycles. The van der Waals surface area contributed by atoms with Gasteiger partial charge in [-0.05, 0) is 46.8 Å². The number of ether oxygens (including phenoxy) is 1. The van der Waals surface area contributed by atoms with Crippen LogP contribution < -0.4 is 10.6 Å². The molecule has 7 nitrogen and oxygen atoms in total. The first kappa shape index (κ1) is 19.5. The fraction of sp³-hybridized carbons (Fsp3) is 0.421. The van der Waals surface area contributed by atoms with Crippen LogP contribution in [0, 0.1) is 0 Å². The van der Waals surface area contributed by atoms with Crippen molar-refractivity contribution in [2.75, 3.05) is 5.32 Å². The zero-order valence-electron chi connectivity index (χ0n) is 15.9. The standard InChI is InChI=1S/C19H26N4O3/c1-18(2,3)26-17(25)22-19(4,5)11-16(24)21-14-12-20-23(13-14)15-9-7-6-8-10-15/h6-10,12-13H,11H2,1-5H3,(H,21,24)(H,22,25). The van der Waals surface area contributed by atoms with Crippen LogP contribution in [0.5, 0.6) is 0 Å². The number of carbonyl (C=O) groups is 2. The summed E-state index contributed by atoms with van der Waals surface area (Å²) in [6.45, 7) is 8.90. The summed E-state index contributed by atoms with van der Waals surface area (Å²) < 4.78 is 6.91. The van der Waals surface area contributed by atoms with E-state index in [0.717, 1.165) is 5.69 Å². The van der Waals surface area contributed by atoms with Gasteiger partial charge >= 0.3 is 6.09 Å². The van der Waals surface area contributed by atoms with E-state index in [0.29, 0.717) is 5.69 Å². The number of alkyl carbamates (subject to hydrolysis) is 1. The molecular weight excluding hydrogens is 332 g/mol. The van der Waals surface area contributed by atoms with Crippen molar-refractivity contribution in [1.82, 2.24) is 15.1 Å². The highest BCUT2D eigenvalue weighted by Gasteiger charge is 2.27. The summed E-state index contributed by atoms with van der Waals surface area (Å²) >= 11 is 0. The highest BCUT2D eigenvalue weighted by molar-refractivity contribution is 5.91. The van der Waals surface area contributed by atoms with Gasteiger partial charge < -0.3 is 15.4 Å². The van der Waals surface area contributed by atoms with E-state index in [1.54, 1.807) is 51.7 Å². The summed E-state index contributed by atoms with van der Waals surface area (Å²) in [5.74, 6) is -0.223. The number of hydrogen-bond donors (Lipinski definition) is 2. The van der Waals surface area contributed by atoms with Gasteiger partial charge in [-0.25, -0.2) is 9.48 Å². The van der Waals surface area contributed by atoms with Crippen molar-refractivity contribution in [2.24, 2.45) is 0 Å². The molecule has 7 heteroatoms. The molecule has 2 aromatic rings. The predicted octanol–water partition coefficient (Wildman–Crippen LogP) is 3.50. The number of nitrogens with one attached hydrogen (secondary N) is 2. The third-order valence-corrected chi connectivity index (χ3v) is 3.33. The summed E-state index contributed by atoms with van der Waals surface area (Å²) in [5.41, 5.74) is 0.155. The second kappa shape index (κ2) is 7.59. The number of benzene rings is 1. The van der Waals surface area contributed by atoms with Gasteiger partial charge in [-0.2, -0.15) is 5.10 Å². The van der Waals surface area contributed by atoms with Crippen LogP contribution in [0.3, 0.4) is 0 Å². The Bertz CT molecular complexity index is 761. The minimum absolute atomic E-state index is 0.1000. The number of carbonyl (C=O) groups excluding carboxylic acids is 2. The molecule has 0 aliphatic heterocycles. The fourth-order valence-corrected chi connectivity index (χ4v) is 2.34. The molecule has 2 rings (SSSR count). The van der Waals surface area contributed by atoms with Crippen molar-refractivity contribution < 1.29 is 14.3 Å². The maximum Gasteiger partial charge on any atom is 0.408 e. The Labute approximate surface area is 153 Å². The van der Waals surface area contributed by atoms with Crippen LogP contribution >= 0.6 is 0 Å². The van der Waals surface area contributed by atoms with Crippen molar-refractivity contribution in [2.45, 2.75) is 52.2 Å². The molecule has 0 unspecified atom stereocenters. The molecule has 0 aliphatic carbocycles. The summed E-state index contributed by atoms with van der Waals surface area (Å²) in [6, 6.07) is 9.61. The number of hydrogen-bond acceptors (Lipinski definition) is 4. The molecular formula is C19H26N4O3. The van der Waals surface area contributed by atoms with Gasteiger partial charge in [0.2, 0.25) is 5.91 Å². The Morgan fingerprint density at radius 1 is 1.12 bits per heavy atom. The highest BCUT2D eigenvalue weighted by Crippen LogP contribution is 2.15. The van der Waals surface area contributed by atoms with Crippen LogP contribution in [-0.4, -0.2) is 32.9 Å². The summed E-state index contributed by atoms with van der Waals surface area (Å²) in [6.07, 6.45) is 2.87. The second-order valence-corrected chi connectivity index (χ2v) is 7.74. The zero-order valence-corrected chi connectivity index (χ0v) is 15.9. The van der Waals surface area contributed by atoms with Crippen LogP contribution in [0.25, 0.3) is 5.69 Å². The maximum absolute atomic E-state index is 12.3. The first-order chi connectivity index (χ1) is 12.0. The van der Waals surface area contributed by atoms with Crippen molar-refractivity contribution in [3.8, 4) is 5.69 Å². The number of aromatic nitrogens is 2. The quantitative estimate of drug-likeness (QED) is 0.856. The van der Waals surface area contributed by atoms with Gasteiger partial charge in [0.25, 0.3) is 0 Å². The Kier molecular flexibility index (Phi) is 5.69. The van der Waals surface area contributed by atoms with Crippen LogP contribution in [0.2, 0.25) is 0 Å². The number of nitrogens with zero attached hydrogens (tertiary/aromatic N) is 2. The molecule has 0 radical (unpaired) electrons. The zero-order chi connectivity index (χ0) is 19.4. The molecule has 2 amide bonds. The van der Waals surface area contributed by atoms with E-state index < -0.39 is 17.2 Å². The third kappa shape index (κ3) is 6.23.